The third kappa shape index (κ3) is 3.88. The van der Waals surface area contributed by atoms with Gasteiger partial charge in [0, 0.05) is 25.2 Å². The minimum Gasteiger partial charge on any atom is -0.298 e. The van der Waals surface area contributed by atoms with Crippen molar-refractivity contribution < 1.29 is 18.1 Å². The van der Waals surface area contributed by atoms with Crippen molar-refractivity contribution in [1.82, 2.24) is 9.29 Å². The smallest absolute Gasteiger partial charge is 0.270 e. The molecule has 1 saturated heterocycles. The van der Waals surface area contributed by atoms with Gasteiger partial charge in [-0.2, -0.15) is 4.31 Å². The summed E-state index contributed by atoms with van der Waals surface area (Å²) in [4.78, 5) is 27.3. The molecule has 2 aromatic carbocycles. The highest BCUT2D eigenvalue weighted by Crippen LogP contribution is 2.31. The summed E-state index contributed by atoms with van der Waals surface area (Å²) in [6.45, 7) is 1.02. The summed E-state index contributed by atoms with van der Waals surface area (Å²) in [5.41, 5.74) is 0.217. The third-order valence-electron chi connectivity index (χ3n) is 4.69. The highest BCUT2D eigenvalue weighted by molar-refractivity contribution is 7.89. The van der Waals surface area contributed by atoms with Crippen LogP contribution in [-0.4, -0.2) is 41.6 Å². The van der Waals surface area contributed by atoms with Gasteiger partial charge in [-0.15, -0.1) is 0 Å². The average molecular weight is 467 g/mol. The Morgan fingerprint density at radius 1 is 1.20 bits per heavy atom. The number of fused-ring (bicyclic) bond motifs is 1. The van der Waals surface area contributed by atoms with Crippen LogP contribution in [0.2, 0.25) is 5.02 Å². The number of carbonyl (C=O) groups is 1. The highest BCUT2D eigenvalue weighted by atomic mass is 35.5. The molecule has 1 aliphatic heterocycles. The number of amides is 1. The van der Waals surface area contributed by atoms with E-state index < -0.39 is 20.9 Å². The molecule has 1 aromatic heterocycles. The average Bonchev–Trinajstić information content (AvgIpc) is 3.37. The maximum atomic E-state index is 12.7. The number of non-ortho nitro benzene ring substituents is 1. The first-order chi connectivity index (χ1) is 14.3. The van der Waals surface area contributed by atoms with Crippen molar-refractivity contribution in [3.8, 4) is 0 Å². The minimum atomic E-state index is -3.56. The number of halogens is 1. The summed E-state index contributed by atoms with van der Waals surface area (Å²) in [5, 5.41) is 13.8. The van der Waals surface area contributed by atoms with Gasteiger partial charge in [-0.1, -0.05) is 22.9 Å². The number of aromatic nitrogens is 1. The lowest BCUT2D eigenvalue weighted by molar-refractivity contribution is -0.384. The number of sulfonamides is 1. The summed E-state index contributed by atoms with van der Waals surface area (Å²) >= 11 is 7.11. The quantitative estimate of drug-likeness (QED) is 0.449. The van der Waals surface area contributed by atoms with Gasteiger partial charge < -0.3 is 0 Å². The van der Waals surface area contributed by atoms with Crippen molar-refractivity contribution >= 4 is 59.9 Å². The van der Waals surface area contributed by atoms with Crippen molar-refractivity contribution in [3.05, 3.63) is 57.1 Å². The lowest BCUT2D eigenvalue weighted by Gasteiger charge is -2.15. The van der Waals surface area contributed by atoms with E-state index in [1.165, 1.54) is 28.6 Å². The molecule has 0 bridgehead atoms. The molecule has 2 heterocycles. The monoisotopic (exact) mass is 466 g/mol. The Morgan fingerprint density at radius 3 is 2.63 bits per heavy atom. The molecule has 0 radical (unpaired) electrons. The van der Waals surface area contributed by atoms with E-state index in [4.69, 9.17) is 11.6 Å². The second kappa shape index (κ2) is 7.91. The van der Waals surface area contributed by atoms with Gasteiger partial charge in [-0.3, -0.25) is 20.2 Å². The number of thiazole rings is 1. The van der Waals surface area contributed by atoms with Crippen LogP contribution in [-0.2, 0) is 10.0 Å². The first kappa shape index (κ1) is 20.7. The Labute approximate surface area is 180 Å². The van der Waals surface area contributed by atoms with Gasteiger partial charge in [0.25, 0.3) is 11.6 Å². The van der Waals surface area contributed by atoms with Gasteiger partial charge in [0.1, 0.15) is 0 Å². The van der Waals surface area contributed by atoms with Crippen LogP contribution in [0.25, 0.3) is 10.2 Å². The Kier molecular flexibility index (Phi) is 5.45. The van der Waals surface area contributed by atoms with Crippen LogP contribution in [0, 0.1) is 10.1 Å². The summed E-state index contributed by atoms with van der Waals surface area (Å²) in [7, 11) is -3.56. The summed E-state index contributed by atoms with van der Waals surface area (Å²) < 4.78 is 27.5. The van der Waals surface area contributed by atoms with Crippen molar-refractivity contribution in [2.75, 3.05) is 18.4 Å². The lowest BCUT2D eigenvalue weighted by Crippen LogP contribution is -2.27. The van der Waals surface area contributed by atoms with Crippen LogP contribution in [0.5, 0.6) is 0 Å². The normalized spacial score (nSPS) is 14.8. The van der Waals surface area contributed by atoms with Gasteiger partial charge >= 0.3 is 0 Å². The van der Waals surface area contributed by atoms with Crippen molar-refractivity contribution in [2.24, 2.45) is 0 Å². The molecule has 0 aliphatic carbocycles. The SMILES string of the molecule is O=C(Nc1nc2ccc(S(=O)(=O)N3CCCC3)cc2s1)c1cc([N+](=O)[O-])ccc1Cl. The number of nitro benzene ring substituents is 1. The van der Waals surface area contributed by atoms with E-state index in [1.807, 2.05) is 0 Å². The van der Waals surface area contributed by atoms with E-state index in [0.717, 1.165) is 30.2 Å². The summed E-state index contributed by atoms with van der Waals surface area (Å²) in [6.07, 6.45) is 1.69. The highest BCUT2D eigenvalue weighted by Gasteiger charge is 2.27. The molecule has 12 heteroatoms. The van der Waals surface area contributed by atoms with Gasteiger partial charge in [0.05, 0.1) is 30.6 Å². The Hall–Kier alpha value is -2.60. The molecule has 9 nitrogen and oxygen atoms in total. The van der Waals surface area contributed by atoms with E-state index in [9.17, 15) is 23.3 Å². The van der Waals surface area contributed by atoms with Crippen LogP contribution in [0.1, 0.15) is 23.2 Å². The van der Waals surface area contributed by atoms with Crippen molar-refractivity contribution in [1.29, 1.82) is 0 Å². The first-order valence-corrected chi connectivity index (χ1v) is 11.6. The predicted molar refractivity (Wildman–Crippen MR) is 114 cm³/mol. The van der Waals surface area contributed by atoms with E-state index in [-0.39, 0.29) is 26.3 Å². The maximum Gasteiger partial charge on any atom is 0.270 e. The van der Waals surface area contributed by atoms with Crippen molar-refractivity contribution in [2.45, 2.75) is 17.7 Å². The topological polar surface area (TPSA) is 123 Å². The third-order valence-corrected chi connectivity index (χ3v) is 7.85. The largest absolute Gasteiger partial charge is 0.298 e. The number of nitro groups is 1. The molecule has 4 rings (SSSR count). The molecule has 0 saturated carbocycles. The predicted octanol–water partition coefficient (Wildman–Crippen LogP) is 3.89. The number of anilines is 1. The minimum absolute atomic E-state index is 0.0533. The number of nitrogens with one attached hydrogen (secondary N) is 1. The zero-order chi connectivity index (χ0) is 21.5. The fourth-order valence-electron chi connectivity index (χ4n) is 3.16. The number of nitrogens with zero attached hydrogens (tertiary/aromatic N) is 3. The Balaban J connectivity index is 1.61. The molecule has 1 N–H and O–H groups in total. The molecular weight excluding hydrogens is 452 g/mol. The van der Waals surface area contributed by atoms with Gasteiger partial charge in [-0.25, -0.2) is 13.4 Å². The number of hydrogen-bond acceptors (Lipinski definition) is 7. The maximum absolute atomic E-state index is 12.7. The molecular formula is C18H15ClN4O5S2. The van der Waals surface area contributed by atoms with Crippen LogP contribution in [0.3, 0.4) is 0 Å². The number of carbonyl (C=O) groups excluding carboxylic acids is 1. The molecule has 3 aromatic rings. The van der Waals surface area contributed by atoms with Crippen LogP contribution >= 0.6 is 22.9 Å². The zero-order valence-electron chi connectivity index (χ0n) is 15.4. The van der Waals surface area contributed by atoms with Crippen LogP contribution in [0.4, 0.5) is 10.8 Å². The molecule has 156 valence electrons. The lowest BCUT2D eigenvalue weighted by atomic mass is 10.2. The fraction of sp³-hybridized carbons (Fsp3) is 0.222. The van der Waals surface area contributed by atoms with Gasteiger partial charge in [0.15, 0.2) is 5.13 Å². The molecule has 1 aliphatic rings. The fourth-order valence-corrected chi connectivity index (χ4v) is 5.88. The van der Waals surface area contributed by atoms with Gasteiger partial charge in [0.2, 0.25) is 10.0 Å². The Bertz CT molecular complexity index is 1270. The first-order valence-electron chi connectivity index (χ1n) is 8.92. The standard InChI is InChI=1S/C18H15ClN4O5S2/c19-14-5-3-11(23(25)26)9-13(14)17(24)21-18-20-15-6-4-12(10-16(15)29-18)30(27,28)22-7-1-2-8-22/h3-6,9-10H,1-2,7-8H2,(H,20,21,24). The van der Waals surface area contributed by atoms with Gasteiger partial charge in [-0.05, 0) is 37.1 Å². The second-order valence-corrected chi connectivity index (χ2v) is 10.0. The molecule has 1 amide bonds. The zero-order valence-corrected chi connectivity index (χ0v) is 17.8. The summed E-state index contributed by atoms with van der Waals surface area (Å²) in [6, 6.07) is 8.20. The van der Waals surface area contributed by atoms with E-state index in [1.54, 1.807) is 6.07 Å². The van der Waals surface area contributed by atoms with E-state index >= 15 is 0 Å². The number of hydrogen-bond donors (Lipinski definition) is 1. The summed E-state index contributed by atoms with van der Waals surface area (Å²) in [5.74, 6) is -0.646. The molecule has 0 unspecified atom stereocenters. The number of rotatable bonds is 5. The van der Waals surface area contributed by atoms with Crippen LogP contribution < -0.4 is 5.32 Å². The van der Waals surface area contributed by atoms with E-state index in [2.05, 4.69) is 10.3 Å². The molecule has 30 heavy (non-hydrogen) atoms. The molecule has 0 atom stereocenters. The molecule has 0 spiro atoms. The number of benzene rings is 2. The van der Waals surface area contributed by atoms with Crippen molar-refractivity contribution in [3.63, 3.8) is 0 Å². The second-order valence-electron chi connectivity index (χ2n) is 6.64. The van der Waals surface area contributed by atoms with Crippen LogP contribution in [0.15, 0.2) is 41.3 Å². The Morgan fingerprint density at radius 2 is 1.93 bits per heavy atom. The molecule has 1 fully saturated rings. The van der Waals surface area contributed by atoms with E-state index in [0.29, 0.717) is 23.3 Å².